The van der Waals surface area contributed by atoms with Crippen molar-refractivity contribution in [2.75, 3.05) is 25.0 Å². The number of aliphatic imine (C=N–C) groups is 2. The molecule has 0 aliphatic carbocycles. The molecule has 0 unspecified atom stereocenters. The Kier molecular flexibility index (Phi) is 15.9. The van der Waals surface area contributed by atoms with Crippen LogP contribution in [-0.4, -0.2) is 61.5 Å². The first kappa shape index (κ1) is 35.7. The molecule has 0 aliphatic rings. The van der Waals surface area contributed by atoms with E-state index in [-0.39, 0.29) is 23.9 Å². The first-order valence-corrected chi connectivity index (χ1v) is 15.0. The molecule has 0 radical (unpaired) electrons. The third-order valence-corrected chi connectivity index (χ3v) is 6.62. The number of nitrogens with two attached hydrogens (primary N) is 5. The summed E-state index contributed by atoms with van der Waals surface area (Å²) in [6.45, 7) is 5.81. The van der Waals surface area contributed by atoms with Crippen molar-refractivity contribution in [1.29, 1.82) is 0 Å². The summed E-state index contributed by atoms with van der Waals surface area (Å²) < 4.78 is 5.96. The smallest absolute Gasteiger partial charge is 0.242 e. The first-order chi connectivity index (χ1) is 21.0. The molecule has 0 aromatic heterocycles. The Morgan fingerprint density at radius 2 is 1.50 bits per heavy atom. The van der Waals surface area contributed by atoms with Crippen LogP contribution in [0.25, 0.3) is 0 Å². The van der Waals surface area contributed by atoms with Crippen molar-refractivity contribution < 1.29 is 14.3 Å². The van der Waals surface area contributed by atoms with E-state index < -0.39 is 18.0 Å². The summed E-state index contributed by atoms with van der Waals surface area (Å²) >= 11 is 0. The van der Waals surface area contributed by atoms with Crippen LogP contribution in [0.4, 0.5) is 5.69 Å². The van der Waals surface area contributed by atoms with E-state index in [1.807, 2.05) is 54.6 Å². The predicted molar refractivity (Wildman–Crippen MR) is 177 cm³/mol. The average molecular weight is 611 g/mol. The lowest BCUT2D eigenvalue weighted by Crippen LogP contribution is -2.54. The van der Waals surface area contributed by atoms with Crippen molar-refractivity contribution in [3.05, 3.63) is 60.2 Å². The van der Waals surface area contributed by atoms with Gasteiger partial charge < -0.3 is 49.4 Å². The molecule has 13 nitrogen and oxygen atoms in total. The number of benzene rings is 2. The van der Waals surface area contributed by atoms with E-state index in [9.17, 15) is 9.59 Å². The number of hydrogen-bond acceptors (Lipinski definition) is 7. The fraction of sp³-hybridized carbons (Fsp3) is 0.484. The van der Waals surface area contributed by atoms with Crippen LogP contribution in [0.15, 0.2) is 64.6 Å². The molecule has 13 N–H and O–H groups in total. The van der Waals surface area contributed by atoms with E-state index >= 15 is 0 Å². The Hall–Kier alpha value is -4.52. The largest absolute Gasteiger partial charge is 0.489 e. The van der Waals surface area contributed by atoms with Crippen LogP contribution in [0.5, 0.6) is 5.75 Å². The number of nitrogens with one attached hydrogen (secondary N) is 3. The molecule has 0 fully saturated rings. The van der Waals surface area contributed by atoms with Gasteiger partial charge in [-0.15, -0.1) is 0 Å². The van der Waals surface area contributed by atoms with Crippen molar-refractivity contribution in [3.8, 4) is 5.75 Å². The third kappa shape index (κ3) is 15.1. The van der Waals surface area contributed by atoms with Gasteiger partial charge >= 0.3 is 0 Å². The molecule has 2 rings (SSSR count). The molecular formula is C31H50N10O3. The van der Waals surface area contributed by atoms with Crippen LogP contribution in [0.3, 0.4) is 0 Å². The summed E-state index contributed by atoms with van der Waals surface area (Å²) in [5.74, 6) is 0.272. The van der Waals surface area contributed by atoms with Crippen LogP contribution >= 0.6 is 0 Å². The highest BCUT2D eigenvalue weighted by Crippen LogP contribution is 2.19. The van der Waals surface area contributed by atoms with E-state index in [0.29, 0.717) is 57.8 Å². The fourth-order valence-electron chi connectivity index (χ4n) is 4.44. The van der Waals surface area contributed by atoms with Gasteiger partial charge in [0.15, 0.2) is 11.9 Å². The van der Waals surface area contributed by atoms with Gasteiger partial charge in [-0.2, -0.15) is 0 Å². The lowest BCUT2D eigenvalue weighted by atomic mass is 10.0. The molecule has 0 saturated carbocycles. The normalized spacial score (nSPS) is 12.8. The van der Waals surface area contributed by atoms with Gasteiger partial charge in [0.1, 0.15) is 18.4 Å². The topological polar surface area (TPSA) is 234 Å². The van der Waals surface area contributed by atoms with E-state index in [1.54, 1.807) is 0 Å². The summed E-state index contributed by atoms with van der Waals surface area (Å²) in [4.78, 5) is 34.3. The van der Waals surface area contributed by atoms with Gasteiger partial charge in [-0.1, -0.05) is 50.2 Å². The molecule has 13 heteroatoms. The maximum absolute atomic E-state index is 13.5. The van der Waals surface area contributed by atoms with Crippen molar-refractivity contribution in [1.82, 2.24) is 10.6 Å². The second-order valence-corrected chi connectivity index (χ2v) is 11.1. The molecule has 44 heavy (non-hydrogen) atoms. The Morgan fingerprint density at radius 1 is 0.841 bits per heavy atom. The number of rotatable bonds is 20. The number of amides is 2. The zero-order chi connectivity index (χ0) is 32.3. The number of hydrogen-bond donors (Lipinski definition) is 8. The molecule has 0 aliphatic heterocycles. The number of guanidine groups is 2. The summed E-state index contributed by atoms with van der Waals surface area (Å²) in [7, 11) is 0. The van der Waals surface area contributed by atoms with Crippen LogP contribution in [0.1, 0.15) is 51.5 Å². The van der Waals surface area contributed by atoms with Crippen molar-refractivity contribution >= 4 is 29.4 Å². The summed E-state index contributed by atoms with van der Waals surface area (Å²) in [6, 6.07) is 15.8. The average Bonchev–Trinajstić information content (AvgIpc) is 2.98. The van der Waals surface area contributed by atoms with Gasteiger partial charge in [0.2, 0.25) is 11.8 Å². The zero-order valence-electron chi connectivity index (χ0n) is 25.9. The highest BCUT2D eigenvalue weighted by Gasteiger charge is 2.25. The zero-order valence-corrected chi connectivity index (χ0v) is 25.9. The number of nitrogens with zero attached hydrogens (tertiary/aromatic N) is 2. The predicted octanol–water partition coefficient (Wildman–Crippen LogP) is 1.13. The number of ether oxygens (including phenoxy) is 1. The minimum absolute atomic E-state index is 0.0185. The molecule has 242 valence electrons. The summed E-state index contributed by atoms with van der Waals surface area (Å²) in [5, 5.41) is 9.35. The minimum Gasteiger partial charge on any atom is -0.489 e. The third-order valence-electron chi connectivity index (χ3n) is 6.62. The summed E-state index contributed by atoms with van der Waals surface area (Å²) in [5.41, 5.74) is 29.6. The van der Waals surface area contributed by atoms with E-state index in [0.717, 1.165) is 23.4 Å². The van der Waals surface area contributed by atoms with E-state index in [1.165, 1.54) is 0 Å². The molecule has 2 amide bonds. The maximum atomic E-state index is 13.5. The molecule has 0 spiro atoms. The molecule has 2 aromatic carbocycles. The van der Waals surface area contributed by atoms with E-state index in [4.69, 9.17) is 33.4 Å². The molecule has 0 heterocycles. The Balaban J connectivity index is 2.03. The van der Waals surface area contributed by atoms with Gasteiger partial charge in [0.05, 0.1) is 6.04 Å². The maximum Gasteiger partial charge on any atom is 0.242 e. The lowest BCUT2D eigenvalue weighted by Gasteiger charge is -2.26. The summed E-state index contributed by atoms with van der Waals surface area (Å²) in [6.07, 6.45) is 2.42. The minimum atomic E-state index is -0.818. The molecule has 0 bridgehead atoms. The van der Waals surface area contributed by atoms with Crippen molar-refractivity contribution in [2.45, 2.75) is 70.7 Å². The number of carbonyl (C=O) groups is 2. The second-order valence-electron chi connectivity index (χ2n) is 11.1. The Bertz CT molecular complexity index is 1200. The number of anilines is 1. The molecular weight excluding hydrogens is 560 g/mol. The van der Waals surface area contributed by atoms with Gasteiger partial charge in [0, 0.05) is 37.4 Å². The standard InChI is InChI=1S/C31H50N10O3/c1-21(2)17-24(19-39-23-11-6-12-25(18-23)44-20-22-9-4-3-5-10-22)40-29(43)27(14-8-16-38-31(35)36)41-28(42)26(32)13-7-15-37-30(33)34/h3-6,9-12,18,21,24,26-27,39H,7-8,13-17,19-20,32H2,1-2H3,(H,40,43)(H,41,42)(H4,33,34,37)(H4,35,36,38)/t24-,26-,27-/m0/s1. The fourth-order valence-corrected chi connectivity index (χ4v) is 4.44. The second kappa shape index (κ2) is 19.6. The number of carbonyl (C=O) groups excluding carboxylic acids is 2. The van der Waals surface area contributed by atoms with Gasteiger partial charge in [0.25, 0.3) is 0 Å². The van der Waals surface area contributed by atoms with Crippen molar-refractivity contribution in [3.63, 3.8) is 0 Å². The van der Waals surface area contributed by atoms with Gasteiger partial charge in [-0.25, -0.2) is 0 Å². The first-order valence-electron chi connectivity index (χ1n) is 15.0. The van der Waals surface area contributed by atoms with E-state index in [2.05, 4.69) is 39.8 Å². The molecule has 3 atom stereocenters. The highest BCUT2D eigenvalue weighted by molar-refractivity contribution is 5.89. The van der Waals surface area contributed by atoms with Crippen molar-refractivity contribution in [2.24, 2.45) is 44.6 Å². The van der Waals surface area contributed by atoms with Gasteiger partial charge in [-0.3, -0.25) is 19.6 Å². The molecule has 2 aromatic rings. The SMILES string of the molecule is CC(C)C[C@@H](CNc1cccc(OCc2ccccc2)c1)NC(=O)[C@H](CCCN=C(N)N)NC(=O)[C@@H](N)CCCN=C(N)N. The Labute approximate surface area is 260 Å². The van der Waals surface area contributed by atoms with Gasteiger partial charge in [-0.05, 0) is 55.7 Å². The van der Waals surface area contributed by atoms with Crippen LogP contribution in [-0.2, 0) is 16.2 Å². The quantitative estimate of drug-likeness (QED) is 0.0608. The van der Waals surface area contributed by atoms with Crippen LogP contribution in [0.2, 0.25) is 0 Å². The van der Waals surface area contributed by atoms with Crippen LogP contribution in [0, 0.1) is 5.92 Å². The lowest BCUT2D eigenvalue weighted by molar-refractivity contribution is -0.130. The highest BCUT2D eigenvalue weighted by atomic mass is 16.5. The van der Waals surface area contributed by atoms with Crippen LogP contribution < -0.4 is 49.4 Å². The Morgan fingerprint density at radius 3 is 2.14 bits per heavy atom. The molecule has 0 saturated heterocycles. The monoisotopic (exact) mass is 610 g/mol.